The maximum absolute atomic E-state index is 13.7. The Hall–Kier alpha value is -1.93. The predicted octanol–water partition coefficient (Wildman–Crippen LogP) is 1.04. The van der Waals surface area contributed by atoms with Crippen molar-refractivity contribution in [1.82, 2.24) is 0 Å². The minimum absolute atomic E-state index is 0.0832. The highest BCUT2D eigenvalue weighted by Crippen LogP contribution is 2.27. The van der Waals surface area contributed by atoms with E-state index in [4.69, 9.17) is 10.4 Å². The zero-order valence-electron chi connectivity index (χ0n) is 9.06. The quantitative estimate of drug-likeness (QED) is 0.831. The van der Waals surface area contributed by atoms with Crippen LogP contribution in [0.1, 0.15) is 12.0 Å². The highest BCUT2D eigenvalue weighted by molar-refractivity contribution is 5.95. The molecule has 0 aromatic heterocycles. The van der Waals surface area contributed by atoms with E-state index in [2.05, 4.69) is 0 Å². The molecule has 1 aromatic rings. The highest BCUT2D eigenvalue weighted by atomic mass is 19.1. The Labute approximate surface area is 97.9 Å². The Balaban J connectivity index is 2.29. The summed E-state index contributed by atoms with van der Waals surface area (Å²) in [5.41, 5.74) is 0.390. The fourth-order valence-electron chi connectivity index (χ4n) is 1.93. The van der Waals surface area contributed by atoms with Crippen LogP contribution in [0.4, 0.5) is 10.1 Å². The van der Waals surface area contributed by atoms with E-state index in [1.807, 2.05) is 6.07 Å². The average Bonchev–Trinajstić information content (AvgIpc) is 2.70. The molecule has 2 rings (SSSR count). The van der Waals surface area contributed by atoms with Gasteiger partial charge >= 0.3 is 0 Å². The van der Waals surface area contributed by atoms with Crippen LogP contribution in [0.3, 0.4) is 0 Å². The van der Waals surface area contributed by atoms with Gasteiger partial charge in [0.2, 0.25) is 5.91 Å². The van der Waals surface area contributed by atoms with Crippen molar-refractivity contribution in [1.29, 1.82) is 5.26 Å². The summed E-state index contributed by atoms with van der Waals surface area (Å²) in [4.78, 5) is 13.0. The standard InChI is InChI=1S/C12H11FN2O2/c13-10-3-8(5-14)1-2-11(10)15-6-9(7-16)4-12(15)17/h1-3,9,16H,4,6-7H2. The lowest BCUT2D eigenvalue weighted by atomic mass is 10.1. The molecule has 1 amide bonds. The number of carbonyl (C=O) groups is 1. The van der Waals surface area contributed by atoms with Gasteiger partial charge in [0.15, 0.2) is 0 Å². The third kappa shape index (κ3) is 2.12. The number of aliphatic hydroxyl groups excluding tert-OH is 1. The zero-order chi connectivity index (χ0) is 12.4. The van der Waals surface area contributed by atoms with Gasteiger partial charge in [-0.3, -0.25) is 4.79 Å². The molecule has 1 aliphatic rings. The lowest BCUT2D eigenvalue weighted by Crippen LogP contribution is -2.25. The number of nitrogens with zero attached hydrogens (tertiary/aromatic N) is 2. The van der Waals surface area contributed by atoms with Gasteiger partial charge in [-0.1, -0.05) is 0 Å². The smallest absolute Gasteiger partial charge is 0.227 e. The molecule has 4 nitrogen and oxygen atoms in total. The molecule has 17 heavy (non-hydrogen) atoms. The van der Waals surface area contributed by atoms with Crippen molar-refractivity contribution in [3.63, 3.8) is 0 Å². The van der Waals surface area contributed by atoms with Crippen LogP contribution in [0.15, 0.2) is 18.2 Å². The van der Waals surface area contributed by atoms with E-state index < -0.39 is 5.82 Å². The van der Waals surface area contributed by atoms with E-state index in [9.17, 15) is 9.18 Å². The van der Waals surface area contributed by atoms with E-state index in [-0.39, 0.29) is 36.1 Å². The Kier molecular flexibility index (Phi) is 3.07. The van der Waals surface area contributed by atoms with Crippen molar-refractivity contribution < 1.29 is 14.3 Å². The van der Waals surface area contributed by atoms with Crippen molar-refractivity contribution in [2.75, 3.05) is 18.1 Å². The van der Waals surface area contributed by atoms with Gasteiger partial charge in [-0.15, -0.1) is 0 Å². The molecule has 0 spiro atoms. The Morgan fingerprint density at radius 3 is 2.88 bits per heavy atom. The van der Waals surface area contributed by atoms with Gasteiger partial charge in [0.25, 0.3) is 0 Å². The van der Waals surface area contributed by atoms with Gasteiger partial charge in [-0.2, -0.15) is 5.26 Å². The highest BCUT2D eigenvalue weighted by Gasteiger charge is 2.31. The number of rotatable bonds is 2. The molecule has 1 aromatic carbocycles. The maximum Gasteiger partial charge on any atom is 0.227 e. The van der Waals surface area contributed by atoms with Gasteiger partial charge < -0.3 is 10.0 Å². The first kappa shape index (κ1) is 11.6. The van der Waals surface area contributed by atoms with Crippen LogP contribution in [-0.2, 0) is 4.79 Å². The summed E-state index contributed by atoms with van der Waals surface area (Å²) < 4.78 is 13.7. The summed E-state index contributed by atoms with van der Waals surface area (Å²) >= 11 is 0. The van der Waals surface area contributed by atoms with Crippen LogP contribution in [0.5, 0.6) is 0 Å². The molecule has 0 bridgehead atoms. The first-order chi connectivity index (χ1) is 8.15. The lowest BCUT2D eigenvalue weighted by Gasteiger charge is -2.17. The number of benzene rings is 1. The maximum atomic E-state index is 13.7. The molecule has 1 atom stereocenters. The summed E-state index contributed by atoms with van der Waals surface area (Å²) in [5, 5.41) is 17.6. The largest absolute Gasteiger partial charge is 0.396 e. The van der Waals surface area contributed by atoms with E-state index in [1.54, 1.807) is 0 Å². The van der Waals surface area contributed by atoms with Crippen molar-refractivity contribution in [3.8, 4) is 6.07 Å². The SMILES string of the molecule is N#Cc1ccc(N2CC(CO)CC2=O)c(F)c1. The lowest BCUT2D eigenvalue weighted by molar-refractivity contribution is -0.117. The predicted molar refractivity (Wildman–Crippen MR) is 58.7 cm³/mol. The summed E-state index contributed by atoms with van der Waals surface area (Å²) in [5.74, 6) is -0.929. The second-order valence-electron chi connectivity index (χ2n) is 4.04. The van der Waals surface area contributed by atoms with Crippen molar-refractivity contribution >= 4 is 11.6 Å². The molecule has 1 saturated heterocycles. The number of anilines is 1. The molecule has 1 fully saturated rings. The van der Waals surface area contributed by atoms with Crippen LogP contribution in [0.25, 0.3) is 0 Å². The third-order valence-corrected chi connectivity index (χ3v) is 2.83. The first-order valence-electron chi connectivity index (χ1n) is 5.26. The molecule has 0 aliphatic carbocycles. The Morgan fingerprint density at radius 1 is 1.59 bits per heavy atom. The molecule has 1 N–H and O–H groups in total. The molecule has 5 heteroatoms. The van der Waals surface area contributed by atoms with Gasteiger partial charge in [0, 0.05) is 25.5 Å². The van der Waals surface area contributed by atoms with E-state index in [0.717, 1.165) is 6.07 Å². The van der Waals surface area contributed by atoms with Crippen LogP contribution in [-0.4, -0.2) is 24.2 Å². The van der Waals surface area contributed by atoms with Gasteiger partial charge in [-0.05, 0) is 18.2 Å². The summed E-state index contributed by atoms with van der Waals surface area (Å²) in [6, 6.07) is 5.83. The van der Waals surface area contributed by atoms with Crippen molar-refractivity contribution in [2.45, 2.75) is 6.42 Å². The third-order valence-electron chi connectivity index (χ3n) is 2.83. The van der Waals surface area contributed by atoms with Crippen molar-refractivity contribution in [3.05, 3.63) is 29.6 Å². The fraction of sp³-hybridized carbons (Fsp3) is 0.333. The van der Waals surface area contributed by atoms with Gasteiger partial charge in [0.1, 0.15) is 5.82 Å². The normalized spacial score (nSPS) is 19.5. The molecular weight excluding hydrogens is 223 g/mol. The van der Waals surface area contributed by atoms with Crippen LogP contribution in [0.2, 0.25) is 0 Å². The minimum atomic E-state index is -0.587. The molecule has 1 aliphatic heterocycles. The number of halogens is 1. The number of carbonyl (C=O) groups excluding carboxylic acids is 1. The fourth-order valence-corrected chi connectivity index (χ4v) is 1.93. The molecule has 0 saturated carbocycles. The molecule has 88 valence electrons. The summed E-state index contributed by atoms with van der Waals surface area (Å²) in [6.07, 6.45) is 0.232. The topological polar surface area (TPSA) is 64.3 Å². The van der Waals surface area contributed by atoms with Crippen molar-refractivity contribution in [2.24, 2.45) is 5.92 Å². The Morgan fingerprint density at radius 2 is 2.35 bits per heavy atom. The minimum Gasteiger partial charge on any atom is -0.396 e. The molecule has 1 heterocycles. The second-order valence-corrected chi connectivity index (χ2v) is 4.04. The number of amides is 1. The van der Waals surface area contributed by atoms with Crippen LogP contribution >= 0.6 is 0 Å². The van der Waals surface area contributed by atoms with E-state index in [1.165, 1.54) is 17.0 Å². The number of hydrogen-bond acceptors (Lipinski definition) is 3. The van der Waals surface area contributed by atoms with E-state index in [0.29, 0.717) is 6.54 Å². The number of nitriles is 1. The molecular formula is C12H11FN2O2. The number of hydrogen-bond donors (Lipinski definition) is 1. The van der Waals surface area contributed by atoms with Gasteiger partial charge in [0.05, 0.1) is 17.3 Å². The van der Waals surface area contributed by atoms with Crippen LogP contribution in [0, 0.1) is 23.1 Å². The van der Waals surface area contributed by atoms with E-state index >= 15 is 0 Å². The average molecular weight is 234 g/mol. The molecule has 0 radical (unpaired) electrons. The monoisotopic (exact) mass is 234 g/mol. The first-order valence-corrected chi connectivity index (χ1v) is 5.26. The second kappa shape index (κ2) is 4.52. The van der Waals surface area contributed by atoms with Gasteiger partial charge in [-0.25, -0.2) is 4.39 Å². The number of aliphatic hydroxyl groups is 1. The summed E-state index contributed by atoms with van der Waals surface area (Å²) in [7, 11) is 0. The Bertz CT molecular complexity index is 496. The zero-order valence-corrected chi connectivity index (χ0v) is 9.06. The summed E-state index contributed by atoms with van der Waals surface area (Å²) in [6.45, 7) is 0.234. The molecule has 1 unspecified atom stereocenters. The van der Waals surface area contributed by atoms with Crippen LogP contribution < -0.4 is 4.90 Å².